The lowest BCUT2D eigenvalue weighted by atomic mass is 10.1. The highest BCUT2D eigenvalue weighted by Crippen LogP contribution is 2.32. The topological polar surface area (TPSA) is 97.2 Å². The first-order valence-corrected chi connectivity index (χ1v) is 12.8. The number of nitrogens with one attached hydrogen (secondary N) is 1. The molecule has 1 aliphatic heterocycles. The van der Waals surface area contributed by atoms with E-state index in [9.17, 15) is 14.4 Å². The predicted octanol–water partition coefficient (Wildman–Crippen LogP) is 3.60. The maximum atomic E-state index is 13.5. The van der Waals surface area contributed by atoms with Crippen LogP contribution in [0.2, 0.25) is 0 Å². The molecule has 0 aliphatic carbocycles. The molecule has 4 rings (SSSR count). The van der Waals surface area contributed by atoms with Crippen LogP contribution >= 0.6 is 23.1 Å². The number of aromatic nitrogens is 3. The van der Waals surface area contributed by atoms with Crippen molar-refractivity contribution in [2.75, 3.05) is 16.9 Å². The molecule has 3 heterocycles. The van der Waals surface area contributed by atoms with Gasteiger partial charge in [-0.3, -0.25) is 14.4 Å². The van der Waals surface area contributed by atoms with Gasteiger partial charge in [0.15, 0.2) is 0 Å². The molecule has 1 atom stereocenters. The Labute approximate surface area is 206 Å². The number of benzene rings is 1. The Kier molecular flexibility index (Phi) is 6.64. The van der Waals surface area contributed by atoms with Gasteiger partial charge in [-0.05, 0) is 63.4 Å². The average molecular weight is 498 g/mol. The number of amides is 2. The summed E-state index contributed by atoms with van der Waals surface area (Å²) < 4.78 is 1.29. The Bertz CT molecular complexity index is 1360. The molecule has 178 valence electrons. The van der Waals surface area contributed by atoms with Crippen molar-refractivity contribution in [2.24, 2.45) is 7.05 Å². The molecule has 1 saturated heterocycles. The first kappa shape index (κ1) is 24.2. The third kappa shape index (κ3) is 4.39. The molecule has 8 nitrogen and oxygen atoms in total. The molecular weight excluding hydrogens is 470 g/mol. The summed E-state index contributed by atoms with van der Waals surface area (Å²) in [5.41, 5.74) is 5.19. The van der Waals surface area contributed by atoms with Gasteiger partial charge in [-0.15, -0.1) is 23.1 Å². The highest BCUT2D eigenvalue weighted by atomic mass is 32.2. The lowest BCUT2D eigenvalue weighted by Gasteiger charge is -2.23. The van der Waals surface area contributed by atoms with Gasteiger partial charge >= 0.3 is 0 Å². The van der Waals surface area contributed by atoms with Gasteiger partial charge in [0.2, 0.25) is 5.91 Å². The summed E-state index contributed by atoms with van der Waals surface area (Å²) in [5, 5.41) is 7.66. The molecule has 1 unspecified atom stereocenters. The number of hydrogen-bond acceptors (Lipinski definition) is 7. The van der Waals surface area contributed by atoms with E-state index >= 15 is 0 Å². The van der Waals surface area contributed by atoms with Crippen LogP contribution in [0.15, 0.2) is 23.0 Å². The zero-order chi connectivity index (χ0) is 24.7. The van der Waals surface area contributed by atoms with E-state index in [4.69, 9.17) is 0 Å². The Morgan fingerprint density at radius 2 is 1.82 bits per heavy atom. The van der Waals surface area contributed by atoms with E-state index in [1.807, 2.05) is 45.9 Å². The Hall–Kier alpha value is -2.98. The Morgan fingerprint density at radius 3 is 2.53 bits per heavy atom. The zero-order valence-corrected chi connectivity index (χ0v) is 21.7. The number of hydrogen-bond donors (Lipinski definition) is 1. The zero-order valence-electron chi connectivity index (χ0n) is 20.1. The number of carbonyl (C=O) groups is 2. The third-order valence-electron chi connectivity index (χ3n) is 6.15. The molecule has 0 spiro atoms. The fourth-order valence-electron chi connectivity index (χ4n) is 3.84. The molecule has 1 aromatic carbocycles. The van der Waals surface area contributed by atoms with Crippen molar-refractivity contribution in [3.8, 4) is 10.6 Å². The van der Waals surface area contributed by atoms with Crippen LogP contribution in [-0.4, -0.2) is 49.2 Å². The Balaban J connectivity index is 1.61. The van der Waals surface area contributed by atoms with Crippen molar-refractivity contribution in [1.82, 2.24) is 19.7 Å². The second kappa shape index (κ2) is 9.34. The molecule has 0 saturated carbocycles. The van der Waals surface area contributed by atoms with Gasteiger partial charge in [-0.2, -0.15) is 5.10 Å². The van der Waals surface area contributed by atoms with Crippen LogP contribution in [0.1, 0.15) is 37.7 Å². The second-order valence-corrected chi connectivity index (χ2v) is 10.5. The summed E-state index contributed by atoms with van der Waals surface area (Å²) in [7, 11) is 1.60. The fourth-order valence-corrected chi connectivity index (χ4v) is 6.11. The lowest BCUT2D eigenvalue weighted by molar-refractivity contribution is -0.119. The normalized spacial score (nSPS) is 15.6. The molecular formula is C24H27N5O3S2. The molecule has 0 radical (unpaired) electrons. The fraction of sp³-hybridized carbons (Fsp3) is 0.375. The minimum atomic E-state index is -0.582. The van der Waals surface area contributed by atoms with E-state index in [0.717, 1.165) is 22.4 Å². The second-order valence-electron chi connectivity index (χ2n) is 8.53. The van der Waals surface area contributed by atoms with Gasteiger partial charge in [-0.1, -0.05) is 6.07 Å². The van der Waals surface area contributed by atoms with Gasteiger partial charge in [-0.25, -0.2) is 9.67 Å². The smallest absolute Gasteiger partial charge is 0.277 e. The van der Waals surface area contributed by atoms with E-state index in [2.05, 4.69) is 15.4 Å². The molecule has 0 bridgehead atoms. The van der Waals surface area contributed by atoms with Gasteiger partial charge in [0.05, 0.1) is 22.8 Å². The first-order chi connectivity index (χ1) is 16.1. The van der Waals surface area contributed by atoms with Crippen LogP contribution in [0.25, 0.3) is 10.6 Å². The maximum Gasteiger partial charge on any atom is 0.277 e. The minimum Gasteiger partial charge on any atom is -0.324 e. The average Bonchev–Trinajstić information content (AvgIpc) is 3.42. The predicted molar refractivity (Wildman–Crippen MR) is 137 cm³/mol. The largest absolute Gasteiger partial charge is 0.324 e. The quantitative estimate of drug-likeness (QED) is 0.592. The van der Waals surface area contributed by atoms with E-state index in [1.165, 1.54) is 16.0 Å². The molecule has 2 aromatic heterocycles. The van der Waals surface area contributed by atoms with E-state index in [0.29, 0.717) is 38.5 Å². The summed E-state index contributed by atoms with van der Waals surface area (Å²) in [6, 6.07) is 5.18. The Morgan fingerprint density at radius 1 is 1.09 bits per heavy atom. The summed E-state index contributed by atoms with van der Waals surface area (Å²) >= 11 is 2.73. The third-order valence-corrected chi connectivity index (χ3v) is 8.33. The van der Waals surface area contributed by atoms with Crippen LogP contribution in [0.5, 0.6) is 0 Å². The van der Waals surface area contributed by atoms with Gasteiger partial charge < -0.3 is 10.2 Å². The van der Waals surface area contributed by atoms with Gasteiger partial charge in [0.25, 0.3) is 11.5 Å². The van der Waals surface area contributed by atoms with Crippen molar-refractivity contribution in [1.29, 1.82) is 0 Å². The number of rotatable bonds is 4. The number of thiazole rings is 1. The van der Waals surface area contributed by atoms with E-state index in [1.54, 1.807) is 30.6 Å². The van der Waals surface area contributed by atoms with Gasteiger partial charge in [0, 0.05) is 18.5 Å². The number of anilines is 1. The van der Waals surface area contributed by atoms with Crippen LogP contribution in [0.4, 0.5) is 5.69 Å². The SMILES string of the molecule is Cc1ccc(NC(=O)C2CSCN2C(=O)c2sc(-c3c(C)c(C)nn(C)c3=O)nc2C)cc1C. The number of thioether (sulfide) groups is 1. The van der Waals surface area contributed by atoms with Crippen molar-refractivity contribution < 1.29 is 9.59 Å². The van der Waals surface area contributed by atoms with Crippen molar-refractivity contribution in [3.63, 3.8) is 0 Å². The molecule has 34 heavy (non-hydrogen) atoms. The maximum absolute atomic E-state index is 13.5. The highest BCUT2D eigenvalue weighted by Gasteiger charge is 2.37. The highest BCUT2D eigenvalue weighted by molar-refractivity contribution is 7.99. The van der Waals surface area contributed by atoms with Crippen molar-refractivity contribution >= 4 is 40.6 Å². The van der Waals surface area contributed by atoms with Crippen LogP contribution < -0.4 is 10.9 Å². The molecule has 10 heteroatoms. The van der Waals surface area contributed by atoms with Crippen LogP contribution in [0, 0.1) is 34.6 Å². The van der Waals surface area contributed by atoms with Crippen molar-refractivity contribution in [3.05, 3.63) is 61.5 Å². The summed E-state index contributed by atoms with van der Waals surface area (Å²) in [6.07, 6.45) is 0. The number of carbonyl (C=O) groups excluding carboxylic acids is 2. The standard InChI is InChI=1S/C24H27N5O3S2/c1-12-7-8-17(9-13(12)2)26-21(30)18-10-33-11-29(18)24(32)20-16(5)25-22(34-20)19-14(3)15(4)27-28(6)23(19)31/h7-9,18H,10-11H2,1-6H3,(H,26,30). The number of nitrogens with zero attached hydrogens (tertiary/aromatic N) is 4. The summed E-state index contributed by atoms with van der Waals surface area (Å²) in [6.45, 7) is 9.45. The van der Waals surface area contributed by atoms with Crippen LogP contribution in [-0.2, 0) is 11.8 Å². The van der Waals surface area contributed by atoms with Gasteiger partial charge in [0.1, 0.15) is 15.9 Å². The summed E-state index contributed by atoms with van der Waals surface area (Å²) in [5.74, 6) is 0.493. The molecule has 3 aromatic rings. The monoisotopic (exact) mass is 497 g/mol. The lowest BCUT2D eigenvalue weighted by Crippen LogP contribution is -2.44. The minimum absolute atomic E-state index is 0.210. The molecule has 1 N–H and O–H groups in total. The summed E-state index contributed by atoms with van der Waals surface area (Å²) in [4.78, 5) is 45.9. The first-order valence-electron chi connectivity index (χ1n) is 10.9. The molecule has 1 aliphatic rings. The number of aryl methyl sites for hydroxylation is 5. The van der Waals surface area contributed by atoms with Crippen molar-refractivity contribution in [2.45, 2.75) is 40.7 Å². The van der Waals surface area contributed by atoms with E-state index < -0.39 is 6.04 Å². The molecule has 1 fully saturated rings. The van der Waals surface area contributed by atoms with E-state index in [-0.39, 0.29) is 17.4 Å². The van der Waals surface area contributed by atoms with Crippen LogP contribution in [0.3, 0.4) is 0 Å². The molecule has 2 amide bonds.